The first-order chi connectivity index (χ1) is 14.4. The third kappa shape index (κ3) is 3.94. The lowest BCUT2D eigenvalue weighted by Crippen LogP contribution is -2.54. The van der Waals surface area contributed by atoms with E-state index < -0.39 is 17.5 Å². The number of halogens is 1. The highest BCUT2D eigenvalue weighted by atomic mass is 32.1. The number of hydrogen-bond donors (Lipinski definition) is 2. The summed E-state index contributed by atoms with van der Waals surface area (Å²) in [4.78, 5) is 43.9. The van der Waals surface area contributed by atoms with Crippen LogP contribution in [0.15, 0.2) is 30.5 Å². The second kappa shape index (κ2) is 8.14. The van der Waals surface area contributed by atoms with Crippen molar-refractivity contribution in [2.24, 2.45) is 5.92 Å². The van der Waals surface area contributed by atoms with Gasteiger partial charge in [0.05, 0.1) is 0 Å². The van der Waals surface area contributed by atoms with E-state index in [0.717, 1.165) is 34.6 Å². The molecule has 30 heavy (non-hydrogen) atoms. The number of thiazole rings is 1. The topological polar surface area (TPSA) is 91.4 Å². The van der Waals surface area contributed by atoms with Gasteiger partial charge in [-0.1, -0.05) is 31.9 Å². The highest BCUT2D eigenvalue weighted by Gasteiger charge is 2.55. The first-order valence-corrected chi connectivity index (χ1v) is 10.8. The van der Waals surface area contributed by atoms with Crippen molar-refractivity contribution in [2.75, 3.05) is 11.9 Å². The smallest absolute Gasteiger partial charge is 0.323 e. The van der Waals surface area contributed by atoms with Crippen LogP contribution in [0.3, 0.4) is 0 Å². The fraction of sp³-hybridized carbons (Fsp3) is 0.429. The Hall–Kier alpha value is -2.81. The van der Waals surface area contributed by atoms with E-state index in [1.165, 1.54) is 23.5 Å². The zero-order chi connectivity index (χ0) is 21.3. The zero-order valence-electron chi connectivity index (χ0n) is 16.6. The van der Waals surface area contributed by atoms with Gasteiger partial charge in [-0.3, -0.25) is 14.5 Å². The van der Waals surface area contributed by atoms with Gasteiger partial charge < -0.3 is 10.6 Å². The predicted octanol–water partition coefficient (Wildman–Crippen LogP) is 3.31. The highest BCUT2D eigenvalue weighted by Crippen LogP contribution is 2.38. The fourth-order valence-electron chi connectivity index (χ4n) is 4.19. The van der Waals surface area contributed by atoms with Crippen LogP contribution in [0, 0.1) is 11.7 Å². The van der Waals surface area contributed by atoms with E-state index >= 15 is 0 Å². The number of carbonyl (C=O) groups is 3. The molecule has 2 fully saturated rings. The van der Waals surface area contributed by atoms with E-state index in [9.17, 15) is 18.8 Å². The van der Waals surface area contributed by atoms with Crippen LogP contribution < -0.4 is 10.6 Å². The summed E-state index contributed by atoms with van der Waals surface area (Å²) in [6.45, 7) is 1.63. The van der Waals surface area contributed by atoms with Crippen molar-refractivity contribution in [3.8, 4) is 0 Å². The molecule has 2 aliphatic rings. The molecule has 9 heteroatoms. The van der Waals surface area contributed by atoms with E-state index in [1.807, 2.05) is 6.92 Å². The third-order valence-corrected chi connectivity index (χ3v) is 6.81. The van der Waals surface area contributed by atoms with Gasteiger partial charge in [-0.2, -0.15) is 0 Å². The average Bonchev–Trinajstić information content (AvgIpc) is 3.24. The summed E-state index contributed by atoms with van der Waals surface area (Å²) < 4.78 is 13.0. The molecule has 2 aromatic rings. The van der Waals surface area contributed by atoms with Crippen molar-refractivity contribution in [3.63, 3.8) is 0 Å². The van der Waals surface area contributed by atoms with Gasteiger partial charge in [0.2, 0.25) is 5.91 Å². The number of anilines is 1. The fourth-order valence-corrected chi connectivity index (χ4v) is 5.05. The Morgan fingerprint density at radius 1 is 1.33 bits per heavy atom. The molecule has 1 aliphatic heterocycles. The molecular formula is C21H23FN4O3S. The van der Waals surface area contributed by atoms with E-state index in [2.05, 4.69) is 15.6 Å². The summed E-state index contributed by atoms with van der Waals surface area (Å²) >= 11 is 1.30. The van der Waals surface area contributed by atoms with Gasteiger partial charge in [-0.25, -0.2) is 14.2 Å². The van der Waals surface area contributed by atoms with Crippen LogP contribution >= 0.6 is 11.3 Å². The van der Waals surface area contributed by atoms with E-state index in [0.29, 0.717) is 18.0 Å². The van der Waals surface area contributed by atoms with E-state index in [-0.39, 0.29) is 24.2 Å². The van der Waals surface area contributed by atoms with Crippen LogP contribution in [0.5, 0.6) is 0 Å². The van der Waals surface area contributed by atoms with Gasteiger partial charge >= 0.3 is 6.03 Å². The molecule has 4 amide bonds. The molecule has 1 aromatic carbocycles. The minimum atomic E-state index is -0.876. The number of imide groups is 1. The van der Waals surface area contributed by atoms with Crippen LogP contribution in [-0.2, 0) is 16.0 Å². The van der Waals surface area contributed by atoms with Crippen molar-refractivity contribution in [2.45, 2.75) is 44.6 Å². The van der Waals surface area contributed by atoms with Gasteiger partial charge in [0.1, 0.15) is 17.9 Å². The Balaban J connectivity index is 1.37. The summed E-state index contributed by atoms with van der Waals surface area (Å²) in [6, 6.07) is 5.69. The van der Waals surface area contributed by atoms with Crippen molar-refractivity contribution < 1.29 is 18.8 Å². The molecule has 1 saturated heterocycles. The summed E-state index contributed by atoms with van der Waals surface area (Å²) in [7, 11) is 0. The first-order valence-electron chi connectivity index (χ1n) is 10.0. The first kappa shape index (κ1) is 20.5. The van der Waals surface area contributed by atoms with Crippen molar-refractivity contribution in [1.29, 1.82) is 0 Å². The van der Waals surface area contributed by atoms with Crippen molar-refractivity contribution in [3.05, 3.63) is 46.7 Å². The normalized spacial score (nSPS) is 23.7. The van der Waals surface area contributed by atoms with Crippen molar-refractivity contribution >= 4 is 34.3 Å². The molecule has 0 unspecified atom stereocenters. The number of amides is 4. The molecule has 1 aliphatic carbocycles. The predicted molar refractivity (Wildman–Crippen MR) is 111 cm³/mol. The Kier molecular flexibility index (Phi) is 5.55. The number of nitrogens with one attached hydrogen (secondary N) is 2. The number of nitrogens with zero attached hydrogens (tertiary/aromatic N) is 2. The van der Waals surface area contributed by atoms with E-state index in [4.69, 9.17) is 0 Å². The number of aromatic nitrogens is 1. The molecule has 4 rings (SSSR count). The molecule has 1 aromatic heterocycles. The molecule has 7 nitrogen and oxygen atoms in total. The van der Waals surface area contributed by atoms with Gasteiger partial charge in [-0.15, -0.1) is 11.3 Å². The second-order valence-corrected chi connectivity index (χ2v) is 9.04. The molecular weight excluding hydrogens is 407 g/mol. The lowest BCUT2D eigenvalue weighted by Gasteiger charge is -2.36. The lowest BCUT2D eigenvalue weighted by atomic mass is 9.73. The molecule has 0 bridgehead atoms. The maximum Gasteiger partial charge on any atom is 0.325 e. The summed E-state index contributed by atoms with van der Waals surface area (Å²) in [5.41, 5.74) is 0.0585. The van der Waals surface area contributed by atoms with Gasteiger partial charge in [0, 0.05) is 17.5 Å². The van der Waals surface area contributed by atoms with Crippen LogP contribution in [0.25, 0.3) is 0 Å². The maximum absolute atomic E-state index is 13.0. The van der Waals surface area contributed by atoms with Gasteiger partial charge in [-0.05, 0) is 36.5 Å². The highest BCUT2D eigenvalue weighted by molar-refractivity contribution is 7.15. The molecule has 2 N–H and O–H groups in total. The largest absolute Gasteiger partial charge is 0.325 e. The quantitative estimate of drug-likeness (QED) is 0.712. The Morgan fingerprint density at radius 3 is 2.83 bits per heavy atom. The molecule has 1 saturated carbocycles. The maximum atomic E-state index is 13.0. The minimum absolute atomic E-state index is 0.0451. The summed E-state index contributed by atoms with van der Waals surface area (Å²) in [6.07, 6.45) is 5.62. The number of rotatable bonds is 5. The summed E-state index contributed by atoms with van der Waals surface area (Å²) in [5, 5.41) is 5.90. The number of benzene rings is 1. The summed E-state index contributed by atoms with van der Waals surface area (Å²) in [5.74, 6) is -1.03. The van der Waals surface area contributed by atoms with Crippen LogP contribution in [0.4, 0.5) is 14.3 Å². The zero-order valence-corrected chi connectivity index (χ0v) is 17.4. The second-order valence-electron chi connectivity index (χ2n) is 7.92. The number of hydrogen-bond acceptors (Lipinski definition) is 5. The molecule has 2 atom stereocenters. The Morgan fingerprint density at radius 2 is 2.10 bits per heavy atom. The SMILES string of the molecule is C[C@H]1CCCC[C@]12NC(=O)N(CC(=O)Nc1ncc(Cc3ccc(F)cc3)s1)C2=O. The lowest BCUT2D eigenvalue weighted by molar-refractivity contribution is -0.136. The molecule has 2 heterocycles. The number of urea groups is 1. The van der Waals surface area contributed by atoms with Gasteiger partial charge in [0.15, 0.2) is 5.13 Å². The molecule has 0 radical (unpaired) electrons. The minimum Gasteiger partial charge on any atom is -0.323 e. The van der Waals surface area contributed by atoms with Crippen molar-refractivity contribution in [1.82, 2.24) is 15.2 Å². The monoisotopic (exact) mass is 430 g/mol. The van der Waals surface area contributed by atoms with Crippen LogP contribution in [0.1, 0.15) is 43.0 Å². The molecule has 158 valence electrons. The standard InChI is InChI=1S/C21H23FN4O3S/c1-13-4-2-3-9-21(13)18(28)26(20(29)25-21)12-17(27)24-19-23-11-16(30-19)10-14-5-7-15(22)8-6-14/h5-8,11,13H,2-4,9-10,12H2,1H3,(H,25,29)(H,23,24,27)/t13-,21-/m0/s1. The van der Waals surface area contributed by atoms with Crippen LogP contribution in [-0.4, -0.2) is 39.8 Å². The average molecular weight is 431 g/mol. The van der Waals surface area contributed by atoms with E-state index in [1.54, 1.807) is 18.3 Å². The third-order valence-electron chi connectivity index (χ3n) is 5.89. The van der Waals surface area contributed by atoms with Gasteiger partial charge in [0.25, 0.3) is 5.91 Å². The number of carbonyl (C=O) groups excluding carboxylic acids is 3. The van der Waals surface area contributed by atoms with Crippen LogP contribution in [0.2, 0.25) is 0 Å². The molecule has 1 spiro atoms. The Bertz CT molecular complexity index is 977. The Labute approximate surface area is 177 Å².